The number of carbonyl (C=O) groups is 3. The molecule has 0 spiro atoms. The normalized spacial score (nSPS) is 17.8. The lowest BCUT2D eigenvalue weighted by Gasteiger charge is -2.25. The molecule has 1 aliphatic heterocycles. The van der Waals surface area contributed by atoms with Crippen molar-refractivity contribution in [3.05, 3.63) is 36.4 Å². The molecule has 1 heterocycles. The van der Waals surface area contributed by atoms with E-state index in [-0.39, 0.29) is 12.8 Å². The van der Waals surface area contributed by atoms with Gasteiger partial charge >= 0.3 is 5.97 Å². The van der Waals surface area contributed by atoms with E-state index < -0.39 is 29.9 Å². The molecule has 3 N–H and O–H groups in total. The number of carboxylic acid groups (broad SMARTS) is 1. The van der Waals surface area contributed by atoms with Gasteiger partial charge in [-0.15, -0.1) is 0 Å². The molecule has 0 aliphatic carbocycles. The van der Waals surface area contributed by atoms with Gasteiger partial charge in [0.1, 0.15) is 11.8 Å². The van der Waals surface area contributed by atoms with Gasteiger partial charge in [0.15, 0.2) is 6.10 Å². The van der Waals surface area contributed by atoms with Gasteiger partial charge in [-0.1, -0.05) is 24.3 Å². The average Bonchev–Trinajstić information content (AvgIpc) is 2.51. The monoisotopic (exact) mass is 318 g/mol. The van der Waals surface area contributed by atoms with Crippen molar-refractivity contribution in [3.8, 4) is 5.75 Å². The standard InChI is InChI=1S/C16H18N2O5/c1-2-3-6-11(16(21)22)17-14(19)9-13-15(20)18-10-7-4-5-8-12(10)23-13/h2-5,7-8,11,13H,6,9H2,1H3,(H,17,19)(H,18,20)(H,21,22)/b3-2+. The van der Waals surface area contributed by atoms with Crippen LogP contribution in [0.25, 0.3) is 0 Å². The first-order chi connectivity index (χ1) is 11.0. The van der Waals surface area contributed by atoms with Gasteiger partial charge in [-0.3, -0.25) is 9.59 Å². The molecule has 2 amide bonds. The maximum Gasteiger partial charge on any atom is 0.326 e. The van der Waals surface area contributed by atoms with E-state index in [0.717, 1.165) is 0 Å². The van der Waals surface area contributed by atoms with Gasteiger partial charge in [0, 0.05) is 0 Å². The minimum atomic E-state index is -1.13. The number of amides is 2. The van der Waals surface area contributed by atoms with Gasteiger partial charge in [0.25, 0.3) is 5.91 Å². The Hall–Kier alpha value is -2.83. The molecule has 1 aromatic rings. The largest absolute Gasteiger partial charge is 0.480 e. The minimum absolute atomic E-state index is 0.179. The van der Waals surface area contributed by atoms with Crippen molar-refractivity contribution in [1.82, 2.24) is 5.32 Å². The zero-order chi connectivity index (χ0) is 16.8. The topological polar surface area (TPSA) is 105 Å². The molecule has 23 heavy (non-hydrogen) atoms. The van der Waals surface area contributed by atoms with Crippen LogP contribution in [0.4, 0.5) is 5.69 Å². The van der Waals surface area contributed by atoms with Crippen LogP contribution in [-0.4, -0.2) is 35.0 Å². The van der Waals surface area contributed by atoms with Crippen LogP contribution in [0.3, 0.4) is 0 Å². The molecule has 0 fully saturated rings. The summed E-state index contributed by atoms with van der Waals surface area (Å²) in [6.45, 7) is 1.76. The molecule has 2 rings (SSSR count). The first-order valence-corrected chi connectivity index (χ1v) is 7.21. The summed E-state index contributed by atoms with van der Waals surface area (Å²) in [6, 6.07) is 5.86. The fourth-order valence-electron chi connectivity index (χ4n) is 2.14. The van der Waals surface area contributed by atoms with E-state index in [1.807, 2.05) is 0 Å². The van der Waals surface area contributed by atoms with E-state index in [9.17, 15) is 14.4 Å². The number of hydrogen-bond donors (Lipinski definition) is 3. The first-order valence-electron chi connectivity index (χ1n) is 7.21. The van der Waals surface area contributed by atoms with Crippen molar-refractivity contribution in [2.75, 3.05) is 5.32 Å². The zero-order valence-electron chi connectivity index (χ0n) is 12.6. The minimum Gasteiger partial charge on any atom is -0.480 e. The molecule has 0 aromatic heterocycles. The van der Waals surface area contributed by atoms with Crippen LogP contribution in [0, 0.1) is 0 Å². The third-order valence-electron chi connectivity index (χ3n) is 3.32. The van der Waals surface area contributed by atoms with Gasteiger partial charge in [0.05, 0.1) is 12.1 Å². The van der Waals surface area contributed by atoms with E-state index in [2.05, 4.69) is 10.6 Å². The highest BCUT2D eigenvalue weighted by Crippen LogP contribution is 2.29. The Labute approximate surface area is 133 Å². The third kappa shape index (κ3) is 4.32. The van der Waals surface area contributed by atoms with Crippen molar-refractivity contribution in [2.24, 2.45) is 0 Å². The number of para-hydroxylation sites is 2. The predicted molar refractivity (Wildman–Crippen MR) is 83.1 cm³/mol. The van der Waals surface area contributed by atoms with Crippen LogP contribution in [0.5, 0.6) is 5.75 Å². The maximum atomic E-state index is 12.0. The second kappa shape index (κ2) is 7.44. The van der Waals surface area contributed by atoms with Crippen LogP contribution in [0.15, 0.2) is 36.4 Å². The van der Waals surface area contributed by atoms with Crippen molar-refractivity contribution < 1.29 is 24.2 Å². The first kappa shape index (κ1) is 16.5. The fraction of sp³-hybridized carbons (Fsp3) is 0.312. The highest BCUT2D eigenvalue weighted by atomic mass is 16.5. The highest BCUT2D eigenvalue weighted by molar-refractivity contribution is 6.00. The second-order valence-corrected chi connectivity index (χ2v) is 5.06. The van der Waals surface area contributed by atoms with Gasteiger partial charge in [0.2, 0.25) is 5.91 Å². The summed E-state index contributed by atoms with van der Waals surface area (Å²) in [4.78, 5) is 35.0. The Morgan fingerprint density at radius 3 is 2.87 bits per heavy atom. The van der Waals surface area contributed by atoms with Crippen LogP contribution < -0.4 is 15.4 Å². The summed E-state index contributed by atoms with van der Waals surface area (Å²) in [5, 5.41) is 14.1. The van der Waals surface area contributed by atoms with E-state index in [4.69, 9.17) is 9.84 Å². The van der Waals surface area contributed by atoms with Crippen molar-refractivity contribution in [1.29, 1.82) is 0 Å². The Kier molecular flexibility index (Phi) is 5.35. The van der Waals surface area contributed by atoms with Crippen molar-refractivity contribution in [2.45, 2.75) is 31.9 Å². The van der Waals surface area contributed by atoms with E-state index in [1.54, 1.807) is 43.3 Å². The molecule has 0 saturated carbocycles. The number of carboxylic acids is 1. The summed E-state index contributed by atoms with van der Waals surface area (Å²) in [6.07, 6.45) is 2.30. The quantitative estimate of drug-likeness (QED) is 0.686. The summed E-state index contributed by atoms with van der Waals surface area (Å²) in [5.41, 5.74) is 0.547. The number of aliphatic carboxylic acids is 1. The molecule has 7 nitrogen and oxygen atoms in total. The van der Waals surface area contributed by atoms with Gasteiger partial charge < -0.3 is 20.5 Å². The summed E-state index contributed by atoms with van der Waals surface area (Å²) < 4.78 is 5.50. The second-order valence-electron chi connectivity index (χ2n) is 5.06. The maximum absolute atomic E-state index is 12.0. The Balaban J connectivity index is 1.97. The molecule has 7 heteroatoms. The number of fused-ring (bicyclic) bond motifs is 1. The summed E-state index contributed by atoms with van der Waals surface area (Å²) in [7, 11) is 0. The fourth-order valence-corrected chi connectivity index (χ4v) is 2.14. The molecule has 2 atom stereocenters. The third-order valence-corrected chi connectivity index (χ3v) is 3.32. The Morgan fingerprint density at radius 1 is 1.43 bits per heavy atom. The predicted octanol–water partition coefficient (Wildman–Crippen LogP) is 1.31. The van der Waals surface area contributed by atoms with E-state index in [1.165, 1.54) is 0 Å². The SMILES string of the molecule is C/C=C/CC(NC(=O)CC1Oc2ccccc2NC1=O)C(=O)O. The lowest BCUT2D eigenvalue weighted by atomic mass is 10.1. The van der Waals surface area contributed by atoms with Crippen LogP contribution in [-0.2, 0) is 14.4 Å². The Bertz CT molecular complexity index is 641. The average molecular weight is 318 g/mol. The lowest BCUT2D eigenvalue weighted by Crippen LogP contribution is -2.45. The van der Waals surface area contributed by atoms with Gasteiger partial charge in [-0.2, -0.15) is 0 Å². The van der Waals surface area contributed by atoms with E-state index >= 15 is 0 Å². The smallest absolute Gasteiger partial charge is 0.326 e. The van der Waals surface area contributed by atoms with Crippen LogP contribution in [0.1, 0.15) is 19.8 Å². The highest BCUT2D eigenvalue weighted by Gasteiger charge is 2.30. The van der Waals surface area contributed by atoms with Crippen LogP contribution >= 0.6 is 0 Å². The number of hydrogen-bond acceptors (Lipinski definition) is 4. The molecule has 0 bridgehead atoms. The molecule has 1 aliphatic rings. The molecule has 0 radical (unpaired) electrons. The Morgan fingerprint density at radius 2 is 2.17 bits per heavy atom. The lowest BCUT2D eigenvalue weighted by molar-refractivity contribution is -0.142. The van der Waals surface area contributed by atoms with Crippen molar-refractivity contribution in [3.63, 3.8) is 0 Å². The molecular weight excluding hydrogens is 300 g/mol. The number of benzene rings is 1. The number of anilines is 1. The number of allylic oxidation sites excluding steroid dienone is 1. The van der Waals surface area contributed by atoms with Gasteiger partial charge in [-0.05, 0) is 25.5 Å². The molecule has 0 saturated heterocycles. The van der Waals surface area contributed by atoms with Gasteiger partial charge in [-0.25, -0.2) is 4.79 Å². The van der Waals surface area contributed by atoms with Crippen LogP contribution in [0.2, 0.25) is 0 Å². The summed E-state index contributed by atoms with van der Waals surface area (Å²) in [5.74, 6) is -1.63. The number of ether oxygens (including phenoxy) is 1. The molecule has 1 aromatic carbocycles. The number of carbonyl (C=O) groups excluding carboxylic acids is 2. The number of rotatable bonds is 6. The molecule has 122 valence electrons. The molecule has 2 unspecified atom stereocenters. The summed E-state index contributed by atoms with van der Waals surface area (Å²) >= 11 is 0. The zero-order valence-corrected chi connectivity index (χ0v) is 12.6. The van der Waals surface area contributed by atoms with Crippen molar-refractivity contribution >= 4 is 23.5 Å². The van der Waals surface area contributed by atoms with E-state index in [0.29, 0.717) is 11.4 Å². The number of nitrogens with one attached hydrogen (secondary N) is 2. The molecular formula is C16H18N2O5.